The summed E-state index contributed by atoms with van der Waals surface area (Å²) in [6.45, 7) is 0. The van der Waals surface area contributed by atoms with Crippen LogP contribution in [0.5, 0.6) is 5.75 Å². The number of hydrogen-bond donors (Lipinski definition) is 2. The summed E-state index contributed by atoms with van der Waals surface area (Å²) in [6.07, 6.45) is 3.14. The van der Waals surface area contributed by atoms with Crippen molar-refractivity contribution >= 4 is 34.6 Å². The van der Waals surface area contributed by atoms with E-state index in [-0.39, 0.29) is 5.91 Å². The summed E-state index contributed by atoms with van der Waals surface area (Å²) in [5, 5.41) is 6.58. The van der Waals surface area contributed by atoms with E-state index in [4.69, 9.17) is 16.3 Å². The lowest BCUT2D eigenvalue weighted by Crippen LogP contribution is -2.12. The van der Waals surface area contributed by atoms with Gasteiger partial charge in [0, 0.05) is 16.9 Å². The zero-order valence-electron chi connectivity index (χ0n) is 13.5. The first-order valence-corrected chi connectivity index (χ1v) is 7.95. The van der Waals surface area contributed by atoms with Crippen molar-refractivity contribution in [3.63, 3.8) is 0 Å². The number of methoxy groups -OCH3 is 1. The first-order chi connectivity index (χ1) is 12.2. The van der Waals surface area contributed by atoms with Crippen LogP contribution in [0.25, 0.3) is 0 Å². The van der Waals surface area contributed by atoms with Gasteiger partial charge in [0.05, 0.1) is 30.2 Å². The molecular weight excluding hydrogens is 338 g/mol. The number of pyridine rings is 1. The van der Waals surface area contributed by atoms with E-state index in [0.29, 0.717) is 27.7 Å². The fraction of sp³-hybridized carbons (Fsp3) is 0.0526. The smallest absolute Gasteiger partial charge is 0.257 e. The number of benzene rings is 2. The zero-order valence-corrected chi connectivity index (χ0v) is 14.2. The van der Waals surface area contributed by atoms with E-state index in [1.807, 2.05) is 30.3 Å². The molecule has 0 saturated carbocycles. The minimum absolute atomic E-state index is 0.236. The number of aromatic nitrogens is 1. The Morgan fingerprint density at radius 2 is 1.84 bits per heavy atom. The molecule has 0 unspecified atom stereocenters. The Hall–Kier alpha value is -3.05. The van der Waals surface area contributed by atoms with Crippen molar-refractivity contribution in [2.24, 2.45) is 0 Å². The zero-order chi connectivity index (χ0) is 17.6. The number of nitrogens with zero attached hydrogens (tertiary/aromatic N) is 1. The normalized spacial score (nSPS) is 10.2. The van der Waals surface area contributed by atoms with Crippen LogP contribution in [0.2, 0.25) is 5.02 Å². The third kappa shape index (κ3) is 4.28. The van der Waals surface area contributed by atoms with Gasteiger partial charge in [-0.2, -0.15) is 0 Å². The van der Waals surface area contributed by atoms with E-state index >= 15 is 0 Å². The molecule has 1 amide bonds. The third-order valence-electron chi connectivity index (χ3n) is 3.47. The molecule has 0 saturated heterocycles. The Morgan fingerprint density at radius 3 is 2.60 bits per heavy atom. The second kappa shape index (κ2) is 7.68. The number of halogens is 1. The van der Waals surface area contributed by atoms with Crippen LogP contribution in [0.4, 0.5) is 17.1 Å². The molecule has 0 radical (unpaired) electrons. The summed E-state index contributed by atoms with van der Waals surface area (Å²) in [7, 11) is 1.58. The third-order valence-corrected chi connectivity index (χ3v) is 3.71. The molecule has 2 aromatic carbocycles. The summed E-state index contributed by atoms with van der Waals surface area (Å²) in [5.41, 5.74) is 2.51. The molecule has 0 fully saturated rings. The monoisotopic (exact) mass is 353 g/mol. The SMILES string of the molecule is COc1ccc(Cl)cc1Nc1cncc(C(=O)Nc2ccccc2)c1. The highest BCUT2D eigenvalue weighted by atomic mass is 35.5. The van der Waals surface area contributed by atoms with E-state index in [0.717, 1.165) is 5.69 Å². The van der Waals surface area contributed by atoms with E-state index in [1.54, 1.807) is 37.6 Å². The predicted octanol–water partition coefficient (Wildman–Crippen LogP) is 4.74. The summed E-state index contributed by atoms with van der Waals surface area (Å²) in [4.78, 5) is 16.5. The van der Waals surface area contributed by atoms with Crippen LogP contribution in [0, 0.1) is 0 Å². The van der Waals surface area contributed by atoms with E-state index in [9.17, 15) is 4.79 Å². The van der Waals surface area contributed by atoms with Crippen LogP contribution in [0.3, 0.4) is 0 Å². The molecule has 1 heterocycles. The maximum absolute atomic E-state index is 12.4. The van der Waals surface area contributed by atoms with Gasteiger partial charge < -0.3 is 15.4 Å². The topological polar surface area (TPSA) is 63.2 Å². The standard InChI is InChI=1S/C19H16ClN3O2/c1-25-18-8-7-14(20)10-17(18)22-16-9-13(11-21-12-16)19(24)23-15-5-3-2-4-6-15/h2-12,22H,1H3,(H,23,24). The van der Waals surface area contributed by atoms with Crippen molar-refractivity contribution in [3.8, 4) is 5.75 Å². The van der Waals surface area contributed by atoms with Crippen molar-refractivity contribution in [2.75, 3.05) is 17.7 Å². The van der Waals surface area contributed by atoms with Gasteiger partial charge in [-0.05, 0) is 36.4 Å². The van der Waals surface area contributed by atoms with E-state index in [2.05, 4.69) is 15.6 Å². The molecule has 5 nitrogen and oxygen atoms in total. The van der Waals surface area contributed by atoms with Crippen LogP contribution in [0.1, 0.15) is 10.4 Å². The van der Waals surface area contributed by atoms with E-state index < -0.39 is 0 Å². The Balaban J connectivity index is 1.80. The Labute approximate surface area is 150 Å². The fourth-order valence-electron chi connectivity index (χ4n) is 2.29. The molecule has 0 aliphatic carbocycles. The quantitative estimate of drug-likeness (QED) is 0.695. The average Bonchev–Trinajstić information content (AvgIpc) is 2.63. The Kier molecular flexibility index (Phi) is 5.16. The first kappa shape index (κ1) is 16.8. The number of amides is 1. The second-order valence-electron chi connectivity index (χ2n) is 5.25. The van der Waals surface area contributed by atoms with Crippen LogP contribution >= 0.6 is 11.6 Å². The summed E-state index contributed by atoms with van der Waals surface area (Å²) in [5.74, 6) is 0.406. The van der Waals surface area contributed by atoms with E-state index in [1.165, 1.54) is 6.20 Å². The van der Waals surface area contributed by atoms with Crippen molar-refractivity contribution in [1.29, 1.82) is 0 Å². The molecule has 0 atom stereocenters. The number of carbonyl (C=O) groups excluding carboxylic acids is 1. The largest absolute Gasteiger partial charge is 0.495 e. The lowest BCUT2D eigenvalue weighted by Gasteiger charge is -2.12. The molecule has 3 aromatic rings. The molecule has 0 aliphatic heterocycles. The number of rotatable bonds is 5. The minimum atomic E-state index is -0.236. The highest BCUT2D eigenvalue weighted by Gasteiger charge is 2.09. The van der Waals surface area contributed by atoms with Gasteiger partial charge in [0.15, 0.2) is 0 Å². The van der Waals surface area contributed by atoms with Crippen molar-refractivity contribution < 1.29 is 9.53 Å². The van der Waals surface area contributed by atoms with Gasteiger partial charge in [0.1, 0.15) is 5.75 Å². The molecule has 0 aliphatic rings. The van der Waals surface area contributed by atoms with Gasteiger partial charge in [-0.15, -0.1) is 0 Å². The van der Waals surface area contributed by atoms with Crippen LogP contribution in [0.15, 0.2) is 67.0 Å². The molecule has 126 valence electrons. The van der Waals surface area contributed by atoms with Gasteiger partial charge >= 0.3 is 0 Å². The molecule has 1 aromatic heterocycles. The summed E-state index contributed by atoms with van der Waals surface area (Å²) >= 11 is 6.04. The number of ether oxygens (including phenoxy) is 1. The first-order valence-electron chi connectivity index (χ1n) is 7.58. The Bertz CT molecular complexity index is 885. The summed E-state index contributed by atoms with van der Waals surface area (Å²) in [6, 6.07) is 16.2. The highest BCUT2D eigenvalue weighted by Crippen LogP contribution is 2.30. The van der Waals surface area contributed by atoms with Gasteiger partial charge in [0.2, 0.25) is 0 Å². The van der Waals surface area contributed by atoms with Gasteiger partial charge in [-0.1, -0.05) is 29.8 Å². The van der Waals surface area contributed by atoms with Crippen molar-refractivity contribution in [3.05, 3.63) is 77.6 Å². The fourth-order valence-corrected chi connectivity index (χ4v) is 2.46. The van der Waals surface area contributed by atoms with Gasteiger partial charge in [0.25, 0.3) is 5.91 Å². The molecule has 2 N–H and O–H groups in total. The maximum atomic E-state index is 12.4. The molecule has 3 rings (SSSR count). The lowest BCUT2D eigenvalue weighted by atomic mass is 10.2. The average molecular weight is 354 g/mol. The maximum Gasteiger partial charge on any atom is 0.257 e. The second-order valence-corrected chi connectivity index (χ2v) is 5.69. The van der Waals surface area contributed by atoms with Crippen LogP contribution in [-0.4, -0.2) is 18.0 Å². The molecule has 0 spiro atoms. The molecule has 0 bridgehead atoms. The number of nitrogens with one attached hydrogen (secondary N) is 2. The number of hydrogen-bond acceptors (Lipinski definition) is 4. The molecule has 25 heavy (non-hydrogen) atoms. The van der Waals surface area contributed by atoms with Crippen LogP contribution < -0.4 is 15.4 Å². The number of carbonyl (C=O) groups is 1. The molecular formula is C19H16ClN3O2. The lowest BCUT2D eigenvalue weighted by molar-refractivity contribution is 0.102. The van der Waals surface area contributed by atoms with Crippen molar-refractivity contribution in [1.82, 2.24) is 4.98 Å². The Morgan fingerprint density at radius 1 is 1.04 bits per heavy atom. The highest BCUT2D eigenvalue weighted by molar-refractivity contribution is 6.31. The van der Waals surface area contributed by atoms with Crippen molar-refractivity contribution in [2.45, 2.75) is 0 Å². The summed E-state index contributed by atoms with van der Waals surface area (Å²) < 4.78 is 5.31. The van der Waals surface area contributed by atoms with Gasteiger partial charge in [-0.25, -0.2) is 0 Å². The van der Waals surface area contributed by atoms with Crippen LogP contribution in [-0.2, 0) is 0 Å². The number of para-hydroxylation sites is 1. The number of anilines is 3. The molecule has 6 heteroatoms. The van der Waals surface area contributed by atoms with Gasteiger partial charge in [-0.3, -0.25) is 9.78 Å². The predicted molar refractivity (Wildman–Crippen MR) is 99.9 cm³/mol. The minimum Gasteiger partial charge on any atom is -0.495 e.